The predicted molar refractivity (Wildman–Crippen MR) is 175 cm³/mol. The van der Waals surface area contributed by atoms with Gasteiger partial charge in [0.25, 0.3) is 0 Å². The van der Waals surface area contributed by atoms with Crippen molar-refractivity contribution in [3.8, 4) is 11.8 Å². The molecule has 2 fully saturated rings. The highest BCUT2D eigenvalue weighted by atomic mass is 33.1. The summed E-state index contributed by atoms with van der Waals surface area (Å²) in [7, 11) is 3.68. The van der Waals surface area contributed by atoms with Crippen molar-refractivity contribution in [3.05, 3.63) is 58.7 Å². The molecular formula is C35H48O5S2. The fourth-order valence-corrected chi connectivity index (χ4v) is 9.63. The van der Waals surface area contributed by atoms with E-state index in [4.69, 9.17) is 4.74 Å². The number of allylic oxidation sites excluding steroid dienone is 8. The fourth-order valence-electron chi connectivity index (χ4n) is 7.50. The van der Waals surface area contributed by atoms with E-state index in [0.717, 1.165) is 60.2 Å². The molecule has 2 aliphatic heterocycles. The molecule has 0 aromatic heterocycles. The second kappa shape index (κ2) is 15.5. The van der Waals surface area contributed by atoms with Crippen LogP contribution in [0.2, 0.25) is 0 Å². The van der Waals surface area contributed by atoms with Crippen molar-refractivity contribution >= 4 is 27.9 Å². The zero-order valence-electron chi connectivity index (χ0n) is 25.3. The number of hydrogen-bond acceptors (Lipinski definition) is 7. The van der Waals surface area contributed by atoms with Crippen LogP contribution in [0.15, 0.2) is 58.7 Å². The molecule has 0 unspecified atom stereocenters. The molecule has 0 amide bonds. The van der Waals surface area contributed by atoms with E-state index in [-0.39, 0.29) is 24.5 Å². The second-order valence-electron chi connectivity index (χ2n) is 12.5. The summed E-state index contributed by atoms with van der Waals surface area (Å²) in [5.74, 6) is 8.19. The van der Waals surface area contributed by atoms with Gasteiger partial charge in [-0.2, -0.15) is 0 Å². The van der Waals surface area contributed by atoms with Crippen molar-refractivity contribution in [3.63, 3.8) is 0 Å². The van der Waals surface area contributed by atoms with Gasteiger partial charge in [-0.15, -0.1) is 0 Å². The molecule has 1 spiro atoms. The van der Waals surface area contributed by atoms with Gasteiger partial charge in [0.1, 0.15) is 12.4 Å². The first-order valence-electron chi connectivity index (χ1n) is 15.5. The van der Waals surface area contributed by atoms with Gasteiger partial charge in [0, 0.05) is 35.9 Å². The first-order chi connectivity index (χ1) is 20.2. The van der Waals surface area contributed by atoms with Crippen LogP contribution < -0.4 is 0 Å². The predicted octanol–water partition coefficient (Wildman–Crippen LogP) is 6.52. The van der Waals surface area contributed by atoms with Gasteiger partial charge < -0.3 is 20.1 Å². The van der Waals surface area contributed by atoms with E-state index in [0.29, 0.717) is 50.7 Å². The van der Waals surface area contributed by atoms with Crippen molar-refractivity contribution < 1.29 is 24.9 Å². The Kier molecular flexibility index (Phi) is 12.3. The SMILES string of the molecule is C=C1/C=C/C=C(/[C@H]2CC[C@@]3([C@H](CCCO)/C(=C(\C)C=O)CC[C@@]3(C)O)[C@@H]2O)CO[C@H]2C#CC/C(=C\CC1)CCSSC2. The third kappa shape index (κ3) is 7.57. The van der Waals surface area contributed by atoms with Gasteiger partial charge in [-0.3, -0.25) is 4.79 Å². The third-order valence-electron chi connectivity index (χ3n) is 9.89. The Bertz CT molecular complexity index is 1170. The van der Waals surface area contributed by atoms with E-state index >= 15 is 0 Å². The van der Waals surface area contributed by atoms with E-state index < -0.39 is 17.1 Å². The quantitative estimate of drug-likeness (QED) is 0.107. The van der Waals surface area contributed by atoms with E-state index in [1.807, 2.05) is 30.7 Å². The van der Waals surface area contributed by atoms with Crippen LogP contribution in [0, 0.1) is 29.1 Å². The van der Waals surface area contributed by atoms with Crippen molar-refractivity contribution in [1.82, 2.24) is 0 Å². The highest BCUT2D eigenvalue weighted by molar-refractivity contribution is 8.76. The molecule has 0 radical (unpaired) electrons. The molecule has 42 heavy (non-hydrogen) atoms. The van der Waals surface area contributed by atoms with Crippen LogP contribution >= 0.6 is 21.6 Å². The lowest BCUT2D eigenvalue weighted by Gasteiger charge is -2.55. The molecule has 2 heterocycles. The molecule has 2 bridgehead atoms. The number of fused-ring (bicyclic) bond motifs is 3. The highest BCUT2D eigenvalue weighted by Gasteiger charge is 2.64. The number of aldehydes is 1. The largest absolute Gasteiger partial charge is 0.396 e. The zero-order chi connectivity index (χ0) is 30.2. The molecule has 4 aliphatic rings. The lowest BCUT2D eigenvalue weighted by atomic mass is 9.52. The number of aliphatic hydroxyl groups excluding tert-OH is 2. The summed E-state index contributed by atoms with van der Waals surface area (Å²) in [6.07, 6.45) is 15.6. The fraction of sp³-hybridized carbons (Fsp3) is 0.629. The lowest BCUT2D eigenvalue weighted by molar-refractivity contribution is -0.167. The van der Waals surface area contributed by atoms with Crippen LogP contribution in [0.25, 0.3) is 0 Å². The van der Waals surface area contributed by atoms with Crippen molar-refractivity contribution in [2.45, 2.75) is 95.9 Å². The summed E-state index contributed by atoms with van der Waals surface area (Å²) in [4.78, 5) is 11.9. The van der Waals surface area contributed by atoms with Crippen LogP contribution in [0.5, 0.6) is 0 Å². The van der Waals surface area contributed by atoms with Crippen LogP contribution in [0.1, 0.15) is 78.1 Å². The first kappa shape index (κ1) is 33.4. The first-order valence-corrected chi connectivity index (χ1v) is 18.0. The molecule has 0 saturated heterocycles. The topological polar surface area (TPSA) is 87.0 Å². The molecular weight excluding hydrogens is 565 g/mol. The summed E-state index contributed by atoms with van der Waals surface area (Å²) in [5, 5.41) is 34.0. The highest BCUT2D eigenvalue weighted by Crippen LogP contribution is 2.63. The summed E-state index contributed by atoms with van der Waals surface area (Å²) in [5.41, 5.74) is 3.21. The number of carbonyl (C=O) groups excluding carboxylic acids is 1. The molecule has 2 aliphatic carbocycles. The molecule has 5 nitrogen and oxygen atoms in total. The minimum Gasteiger partial charge on any atom is -0.396 e. The standard InChI is InChI=1S/C35H48O5S2/c1-25-8-4-10-27-11-6-13-29(24-42-41-21-17-27)40-23-28(12-5-9-25)31-16-19-35(33(31)38)32(14-7-20-36)30(26(2)22-37)15-18-34(35,3)39/h5,9-10,12,22,29,31-33,36,38-39H,1,4,7-8,11,14-21,23-24H2,2-3H3/b9-5+,27-10+,28-12+,30-26+/t29-,31+,32+,33+,34+,35+/m0/s1. The Balaban J connectivity index is 1.69. The second-order valence-corrected chi connectivity index (χ2v) is 15.1. The molecule has 4 rings (SSSR count). The van der Waals surface area contributed by atoms with Crippen LogP contribution in [0.4, 0.5) is 0 Å². The van der Waals surface area contributed by atoms with Crippen molar-refractivity contribution in [2.75, 3.05) is 24.7 Å². The minimum absolute atomic E-state index is 0.0328. The van der Waals surface area contributed by atoms with Gasteiger partial charge >= 0.3 is 0 Å². The van der Waals surface area contributed by atoms with Crippen LogP contribution in [-0.4, -0.2) is 64.1 Å². The maximum absolute atomic E-state index is 12.3. The van der Waals surface area contributed by atoms with Crippen molar-refractivity contribution in [1.29, 1.82) is 0 Å². The smallest absolute Gasteiger partial charge is 0.145 e. The Morgan fingerprint density at radius 3 is 2.88 bits per heavy atom. The van der Waals surface area contributed by atoms with E-state index in [9.17, 15) is 20.1 Å². The number of carbonyl (C=O) groups is 1. The molecule has 2 saturated carbocycles. The average Bonchev–Trinajstić information content (AvgIpc) is 3.31. The summed E-state index contributed by atoms with van der Waals surface area (Å²) in [6.45, 7) is 8.33. The van der Waals surface area contributed by atoms with Gasteiger partial charge in [0.2, 0.25) is 0 Å². The van der Waals surface area contributed by atoms with Crippen molar-refractivity contribution in [2.24, 2.45) is 17.3 Å². The summed E-state index contributed by atoms with van der Waals surface area (Å²) in [6, 6.07) is 0. The molecule has 0 aromatic carbocycles. The Morgan fingerprint density at radius 2 is 2.10 bits per heavy atom. The van der Waals surface area contributed by atoms with Gasteiger partial charge in [-0.25, -0.2) is 0 Å². The van der Waals surface area contributed by atoms with Crippen LogP contribution in [-0.2, 0) is 9.53 Å². The normalized spacial score (nSPS) is 39.2. The van der Waals surface area contributed by atoms with Gasteiger partial charge in [-0.05, 0) is 88.7 Å². The Hall–Kier alpha value is -1.53. The van der Waals surface area contributed by atoms with E-state index in [1.165, 1.54) is 5.57 Å². The zero-order valence-corrected chi connectivity index (χ0v) is 26.9. The minimum atomic E-state index is -1.11. The lowest BCUT2D eigenvalue weighted by Crippen LogP contribution is -2.59. The Morgan fingerprint density at radius 1 is 1.26 bits per heavy atom. The molecule has 0 aromatic rings. The maximum atomic E-state index is 12.3. The van der Waals surface area contributed by atoms with E-state index in [2.05, 4.69) is 36.6 Å². The van der Waals surface area contributed by atoms with Gasteiger partial charge in [0.15, 0.2) is 0 Å². The number of hydrogen-bond donors (Lipinski definition) is 3. The molecule has 7 heteroatoms. The Labute approximate surface area is 260 Å². The third-order valence-corrected chi connectivity index (χ3v) is 12.3. The number of rotatable bonds is 5. The van der Waals surface area contributed by atoms with Gasteiger partial charge in [0.05, 0.1) is 18.3 Å². The van der Waals surface area contributed by atoms with E-state index in [1.54, 1.807) is 10.8 Å². The molecule has 230 valence electrons. The number of ether oxygens (including phenoxy) is 1. The van der Waals surface area contributed by atoms with Crippen LogP contribution in [0.3, 0.4) is 0 Å². The number of aliphatic hydroxyl groups is 3. The summed E-state index contributed by atoms with van der Waals surface area (Å²) < 4.78 is 6.46. The monoisotopic (exact) mass is 612 g/mol. The molecule has 3 N–H and O–H groups in total. The summed E-state index contributed by atoms with van der Waals surface area (Å²) >= 11 is 0. The molecule has 6 atom stereocenters. The average molecular weight is 613 g/mol. The van der Waals surface area contributed by atoms with Gasteiger partial charge in [-0.1, -0.05) is 81.0 Å². The maximum Gasteiger partial charge on any atom is 0.145 e.